The van der Waals surface area contributed by atoms with Crippen LogP contribution in [0.3, 0.4) is 0 Å². The van der Waals surface area contributed by atoms with E-state index in [1.807, 2.05) is 0 Å². The Morgan fingerprint density at radius 2 is 2.11 bits per heavy atom. The first-order chi connectivity index (χ1) is 8.60. The Labute approximate surface area is 103 Å². The molecule has 0 unspecified atom stereocenters. The number of amides is 1. The van der Waals surface area contributed by atoms with Crippen molar-refractivity contribution in [2.75, 3.05) is 12.8 Å². The molecule has 92 valence electrons. The number of nitrogen functional groups attached to an aromatic ring is 1. The first kappa shape index (κ1) is 11.8. The SMILES string of the molecule is COc1nc(N)cc(-c2ccnc(C(N)=O)c2)n1. The zero-order valence-electron chi connectivity index (χ0n) is 9.62. The average Bonchev–Trinajstić information content (AvgIpc) is 2.38. The van der Waals surface area contributed by atoms with Crippen molar-refractivity contribution in [3.8, 4) is 17.3 Å². The highest BCUT2D eigenvalue weighted by molar-refractivity contribution is 5.91. The van der Waals surface area contributed by atoms with Gasteiger partial charge in [-0.3, -0.25) is 9.78 Å². The number of carbonyl (C=O) groups excluding carboxylic acids is 1. The van der Waals surface area contributed by atoms with Crippen LogP contribution >= 0.6 is 0 Å². The fourth-order valence-corrected chi connectivity index (χ4v) is 1.41. The van der Waals surface area contributed by atoms with Crippen molar-refractivity contribution in [1.29, 1.82) is 0 Å². The van der Waals surface area contributed by atoms with Gasteiger partial charge in [0.1, 0.15) is 11.5 Å². The fraction of sp³-hybridized carbons (Fsp3) is 0.0909. The van der Waals surface area contributed by atoms with Crippen LogP contribution in [0.5, 0.6) is 6.01 Å². The second-order valence-corrected chi connectivity index (χ2v) is 3.46. The molecular formula is C11H11N5O2. The van der Waals surface area contributed by atoms with Crippen LogP contribution in [0, 0.1) is 0 Å². The standard InChI is InChI=1S/C11H11N5O2/c1-18-11-15-7(5-9(12)16-11)6-2-3-14-8(4-6)10(13)17/h2-5H,1H3,(H2,13,17)(H2,12,15,16). The molecule has 18 heavy (non-hydrogen) atoms. The third kappa shape index (κ3) is 2.34. The van der Waals surface area contributed by atoms with Crippen molar-refractivity contribution in [2.24, 2.45) is 5.73 Å². The summed E-state index contributed by atoms with van der Waals surface area (Å²) in [6, 6.07) is 4.95. The van der Waals surface area contributed by atoms with Gasteiger partial charge in [-0.15, -0.1) is 0 Å². The molecule has 7 heteroatoms. The highest BCUT2D eigenvalue weighted by Gasteiger charge is 2.08. The normalized spacial score (nSPS) is 10.1. The molecule has 2 heterocycles. The van der Waals surface area contributed by atoms with Crippen LogP contribution in [0.4, 0.5) is 5.82 Å². The van der Waals surface area contributed by atoms with Gasteiger partial charge in [-0.05, 0) is 12.1 Å². The van der Waals surface area contributed by atoms with Gasteiger partial charge in [-0.1, -0.05) is 0 Å². The Morgan fingerprint density at radius 3 is 2.78 bits per heavy atom. The first-order valence-corrected chi connectivity index (χ1v) is 5.05. The molecule has 4 N–H and O–H groups in total. The number of methoxy groups -OCH3 is 1. The summed E-state index contributed by atoms with van der Waals surface area (Å²) in [6.07, 6.45) is 1.47. The maximum absolute atomic E-state index is 11.1. The molecule has 1 amide bonds. The molecule has 0 spiro atoms. The zero-order valence-corrected chi connectivity index (χ0v) is 9.62. The largest absolute Gasteiger partial charge is 0.467 e. The number of rotatable bonds is 3. The molecule has 2 rings (SSSR count). The summed E-state index contributed by atoms with van der Waals surface area (Å²) in [6.45, 7) is 0. The lowest BCUT2D eigenvalue weighted by Crippen LogP contribution is -2.12. The van der Waals surface area contributed by atoms with E-state index < -0.39 is 5.91 Å². The van der Waals surface area contributed by atoms with Crippen molar-refractivity contribution < 1.29 is 9.53 Å². The van der Waals surface area contributed by atoms with Crippen molar-refractivity contribution in [1.82, 2.24) is 15.0 Å². The fourth-order valence-electron chi connectivity index (χ4n) is 1.41. The lowest BCUT2D eigenvalue weighted by atomic mass is 10.1. The smallest absolute Gasteiger partial charge is 0.318 e. The third-order valence-corrected chi connectivity index (χ3v) is 2.22. The van der Waals surface area contributed by atoms with E-state index in [4.69, 9.17) is 16.2 Å². The van der Waals surface area contributed by atoms with Crippen molar-refractivity contribution in [3.63, 3.8) is 0 Å². The number of carbonyl (C=O) groups is 1. The summed E-state index contributed by atoms with van der Waals surface area (Å²) >= 11 is 0. The van der Waals surface area contributed by atoms with E-state index in [-0.39, 0.29) is 17.5 Å². The number of nitrogens with two attached hydrogens (primary N) is 2. The number of aromatic nitrogens is 3. The lowest BCUT2D eigenvalue weighted by molar-refractivity contribution is 0.0995. The Bertz CT molecular complexity index is 600. The van der Waals surface area contributed by atoms with E-state index in [0.29, 0.717) is 11.3 Å². The van der Waals surface area contributed by atoms with Gasteiger partial charge in [-0.2, -0.15) is 9.97 Å². The number of hydrogen-bond donors (Lipinski definition) is 2. The average molecular weight is 245 g/mol. The number of anilines is 1. The highest BCUT2D eigenvalue weighted by Crippen LogP contribution is 2.21. The van der Waals surface area contributed by atoms with Gasteiger partial charge in [0.2, 0.25) is 0 Å². The van der Waals surface area contributed by atoms with Crippen LogP contribution in [0.2, 0.25) is 0 Å². The van der Waals surface area contributed by atoms with Crippen LogP contribution in [-0.2, 0) is 0 Å². The van der Waals surface area contributed by atoms with E-state index in [1.165, 1.54) is 19.4 Å². The lowest BCUT2D eigenvalue weighted by Gasteiger charge is -2.05. The second kappa shape index (κ2) is 4.66. The van der Waals surface area contributed by atoms with Gasteiger partial charge in [0.05, 0.1) is 12.8 Å². The summed E-state index contributed by atoms with van der Waals surface area (Å²) in [5.74, 6) is -0.333. The van der Waals surface area contributed by atoms with Crippen molar-refractivity contribution in [3.05, 3.63) is 30.1 Å². The molecule has 0 aliphatic rings. The highest BCUT2D eigenvalue weighted by atomic mass is 16.5. The van der Waals surface area contributed by atoms with E-state index in [9.17, 15) is 4.79 Å². The van der Waals surface area contributed by atoms with Crippen LogP contribution in [0.15, 0.2) is 24.4 Å². The minimum Gasteiger partial charge on any atom is -0.467 e. The summed E-state index contributed by atoms with van der Waals surface area (Å²) in [5, 5.41) is 0. The molecule has 0 aromatic carbocycles. The van der Waals surface area contributed by atoms with Crippen LogP contribution in [0.25, 0.3) is 11.3 Å². The van der Waals surface area contributed by atoms with E-state index in [2.05, 4.69) is 15.0 Å². The van der Waals surface area contributed by atoms with Crippen LogP contribution < -0.4 is 16.2 Å². The summed E-state index contributed by atoms with van der Waals surface area (Å²) < 4.78 is 4.93. The molecule has 0 atom stereocenters. The topological polar surface area (TPSA) is 117 Å². The van der Waals surface area contributed by atoms with Gasteiger partial charge in [0.15, 0.2) is 0 Å². The van der Waals surface area contributed by atoms with Gasteiger partial charge in [-0.25, -0.2) is 0 Å². The zero-order chi connectivity index (χ0) is 13.1. The summed E-state index contributed by atoms with van der Waals surface area (Å²) in [4.78, 5) is 22.9. The van der Waals surface area contributed by atoms with Gasteiger partial charge >= 0.3 is 6.01 Å². The molecule has 0 aliphatic heterocycles. The molecule has 0 fully saturated rings. The summed E-state index contributed by atoms with van der Waals surface area (Å²) in [5.41, 5.74) is 12.1. The Morgan fingerprint density at radius 1 is 1.33 bits per heavy atom. The van der Waals surface area contributed by atoms with Gasteiger partial charge in [0.25, 0.3) is 5.91 Å². The molecule has 0 bridgehead atoms. The van der Waals surface area contributed by atoms with E-state index >= 15 is 0 Å². The molecular weight excluding hydrogens is 234 g/mol. The number of nitrogens with zero attached hydrogens (tertiary/aromatic N) is 3. The molecule has 0 aliphatic carbocycles. The monoisotopic (exact) mass is 245 g/mol. The molecule has 0 radical (unpaired) electrons. The van der Waals surface area contributed by atoms with Crippen LogP contribution in [-0.4, -0.2) is 28.0 Å². The number of ether oxygens (including phenoxy) is 1. The Kier molecular flexibility index (Phi) is 3.05. The second-order valence-electron chi connectivity index (χ2n) is 3.46. The van der Waals surface area contributed by atoms with Gasteiger partial charge < -0.3 is 16.2 Å². The Balaban J connectivity index is 2.51. The Hall–Kier alpha value is -2.70. The summed E-state index contributed by atoms with van der Waals surface area (Å²) in [7, 11) is 1.44. The number of hydrogen-bond acceptors (Lipinski definition) is 6. The minimum atomic E-state index is -0.606. The van der Waals surface area contributed by atoms with E-state index in [1.54, 1.807) is 12.1 Å². The molecule has 2 aromatic heterocycles. The van der Waals surface area contributed by atoms with Crippen molar-refractivity contribution >= 4 is 11.7 Å². The predicted octanol–water partition coefficient (Wildman–Crippen LogP) is 0.228. The molecule has 0 saturated heterocycles. The number of primary amides is 1. The minimum absolute atomic E-state index is 0.155. The number of pyridine rings is 1. The maximum Gasteiger partial charge on any atom is 0.318 e. The van der Waals surface area contributed by atoms with E-state index in [0.717, 1.165) is 0 Å². The quantitative estimate of drug-likeness (QED) is 0.799. The predicted molar refractivity (Wildman–Crippen MR) is 64.7 cm³/mol. The maximum atomic E-state index is 11.1. The molecule has 0 saturated carbocycles. The third-order valence-electron chi connectivity index (χ3n) is 2.22. The molecule has 2 aromatic rings. The van der Waals surface area contributed by atoms with Crippen LogP contribution in [0.1, 0.15) is 10.5 Å². The van der Waals surface area contributed by atoms with Crippen molar-refractivity contribution in [2.45, 2.75) is 0 Å². The molecule has 7 nitrogen and oxygen atoms in total. The first-order valence-electron chi connectivity index (χ1n) is 5.05. The van der Waals surface area contributed by atoms with Gasteiger partial charge in [0, 0.05) is 17.8 Å².